The molecule has 2 heterocycles. The van der Waals surface area contributed by atoms with Gasteiger partial charge in [-0.2, -0.15) is 0 Å². The summed E-state index contributed by atoms with van der Waals surface area (Å²) in [6, 6.07) is 10.0. The number of carbonyl (C=O) groups is 1. The van der Waals surface area contributed by atoms with Gasteiger partial charge in [-0.25, -0.2) is 9.37 Å². The third kappa shape index (κ3) is 4.75. The first-order chi connectivity index (χ1) is 14.3. The zero-order valence-electron chi connectivity index (χ0n) is 16.9. The lowest BCUT2D eigenvalue weighted by Crippen LogP contribution is -2.19. The number of nitrogens with zero attached hydrogens (tertiary/aromatic N) is 2. The lowest BCUT2D eigenvalue weighted by atomic mass is 10.0. The standard InChI is InChI=1S/C23H25FN2O4/c1-14(2)26-20(10-9-17(27)12-18(28)13-21(29)30)22(15-5-7-16(24)8-6-15)19-4-3-11-25-23(19)26/h3-11,14,17-18,27-28H,12-13H2,1-2H3,(H,29,30). The Morgan fingerprint density at radius 2 is 1.90 bits per heavy atom. The Morgan fingerprint density at radius 3 is 2.53 bits per heavy atom. The lowest BCUT2D eigenvalue weighted by Gasteiger charge is -2.14. The highest BCUT2D eigenvalue weighted by molar-refractivity contribution is 5.99. The number of hydrogen-bond acceptors (Lipinski definition) is 4. The van der Waals surface area contributed by atoms with Crippen LogP contribution in [0.4, 0.5) is 4.39 Å². The summed E-state index contributed by atoms with van der Waals surface area (Å²) < 4.78 is 15.5. The van der Waals surface area contributed by atoms with E-state index < -0.39 is 24.6 Å². The van der Waals surface area contributed by atoms with Crippen LogP contribution in [0.5, 0.6) is 0 Å². The summed E-state index contributed by atoms with van der Waals surface area (Å²) >= 11 is 0. The molecule has 0 aliphatic carbocycles. The molecule has 158 valence electrons. The predicted octanol–water partition coefficient (Wildman–Crippen LogP) is 4.02. The van der Waals surface area contributed by atoms with E-state index in [2.05, 4.69) is 4.98 Å². The van der Waals surface area contributed by atoms with Gasteiger partial charge in [0.15, 0.2) is 0 Å². The normalized spacial score (nSPS) is 13.9. The molecule has 0 amide bonds. The average molecular weight is 412 g/mol. The molecule has 2 unspecified atom stereocenters. The summed E-state index contributed by atoms with van der Waals surface area (Å²) in [7, 11) is 0. The summed E-state index contributed by atoms with van der Waals surface area (Å²) in [4.78, 5) is 15.2. The lowest BCUT2D eigenvalue weighted by molar-refractivity contribution is -0.139. The number of aliphatic hydroxyl groups is 2. The van der Waals surface area contributed by atoms with Crippen molar-refractivity contribution in [3.8, 4) is 11.1 Å². The van der Waals surface area contributed by atoms with E-state index in [1.807, 2.05) is 30.5 Å². The molecule has 3 rings (SSSR count). The third-order valence-electron chi connectivity index (χ3n) is 4.85. The fourth-order valence-electron chi connectivity index (χ4n) is 3.61. The predicted molar refractivity (Wildman–Crippen MR) is 113 cm³/mol. The minimum absolute atomic E-state index is 0.0611. The molecule has 2 atom stereocenters. The van der Waals surface area contributed by atoms with Crippen molar-refractivity contribution in [3.63, 3.8) is 0 Å². The zero-order valence-corrected chi connectivity index (χ0v) is 16.9. The highest BCUT2D eigenvalue weighted by Crippen LogP contribution is 2.37. The van der Waals surface area contributed by atoms with Crippen LogP contribution in [-0.4, -0.2) is 43.0 Å². The van der Waals surface area contributed by atoms with Gasteiger partial charge in [-0.05, 0) is 49.8 Å². The quantitative estimate of drug-likeness (QED) is 0.519. The molecule has 3 N–H and O–H groups in total. The molecule has 6 nitrogen and oxygen atoms in total. The monoisotopic (exact) mass is 412 g/mol. The third-order valence-corrected chi connectivity index (χ3v) is 4.85. The van der Waals surface area contributed by atoms with Gasteiger partial charge in [-0.1, -0.05) is 18.2 Å². The van der Waals surface area contributed by atoms with E-state index in [1.54, 1.807) is 24.4 Å². The van der Waals surface area contributed by atoms with Gasteiger partial charge in [-0.15, -0.1) is 0 Å². The first-order valence-electron chi connectivity index (χ1n) is 9.79. The smallest absolute Gasteiger partial charge is 0.305 e. The second-order valence-corrected chi connectivity index (χ2v) is 7.52. The maximum Gasteiger partial charge on any atom is 0.305 e. The topological polar surface area (TPSA) is 95.6 Å². The van der Waals surface area contributed by atoms with Gasteiger partial charge in [0, 0.05) is 29.6 Å². The number of pyridine rings is 1. The van der Waals surface area contributed by atoms with E-state index in [-0.39, 0.29) is 18.3 Å². The number of carboxylic acids is 1. The molecule has 0 bridgehead atoms. The van der Waals surface area contributed by atoms with Crippen LogP contribution in [0, 0.1) is 5.82 Å². The van der Waals surface area contributed by atoms with E-state index in [0.717, 1.165) is 27.9 Å². The highest BCUT2D eigenvalue weighted by Gasteiger charge is 2.20. The van der Waals surface area contributed by atoms with Crippen molar-refractivity contribution in [2.24, 2.45) is 0 Å². The van der Waals surface area contributed by atoms with Crippen molar-refractivity contribution >= 4 is 23.1 Å². The zero-order chi connectivity index (χ0) is 21.8. The van der Waals surface area contributed by atoms with Gasteiger partial charge in [0.2, 0.25) is 0 Å². The molecular formula is C23H25FN2O4. The van der Waals surface area contributed by atoms with Gasteiger partial charge >= 0.3 is 5.97 Å². The van der Waals surface area contributed by atoms with Crippen LogP contribution in [0.3, 0.4) is 0 Å². The van der Waals surface area contributed by atoms with Gasteiger partial charge in [0.25, 0.3) is 0 Å². The Hall–Kier alpha value is -3.03. The SMILES string of the molecule is CC(C)n1c(C=CC(O)CC(O)CC(=O)O)c(-c2ccc(F)cc2)c2cccnc21. The van der Waals surface area contributed by atoms with Crippen molar-refractivity contribution < 1.29 is 24.5 Å². The summed E-state index contributed by atoms with van der Waals surface area (Å²) in [5, 5.41) is 29.7. The van der Waals surface area contributed by atoms with Gasteiger partial charge in [-0.3, -0.25) is 4.79 Å². The van der Waals surface area contributed by atoms with E-state index in [1.165, 1.54) is 18.2 Å². The van der Waals surface area contributed by atoms with Gasteiger partial charge in [0.05, 0.1) is 24.3 Å². The number of rotatable bonds is 8. The highest BCUT2D eigenvalue weighted by atomic mass is 19.1. The van der Waals surface area contributed by atoms with Crippen molar-refractivity contribution in [1.82, 2.24) is 9.55 Å². The van der Waals surface area contributed by atoms with Crippen LogP contribution in [0.25, 0.3) is 28.2 Å². The van der Waals surface area contributed by atoms with Crippen molar-refractivity contribution in [1.29, 1.82) is 0 Å². The maximum absolute atomic E-state index is 13.5. The molecule has 0 fully saturated rings. The van der Waals surface area contributed by atoms with Crippen LogP contribution in [0.1, 0.15) is 38.4 Å². The molecule has 2 aromatic heterocycles. The fraction of sp³-hybridized carbons (Fsp3) is 0.304. The van der Waals surface area contributed by atoms with Crippen LogP contribution in [0.15, 0.2) is 48.7 Å². The molecule has 0 aliphatic heterocycles. The minimum atomic E-state index is -1.14. The van der Waals surface area contributed by atoms with Crippen LogP contribution >= 0.6 is 0 Å². The van der Waals surface area contributed by atoms with E-state index in [0.29, 0.717) is 0 Å². The van der Waals surface area contributed by atoms with Crippen LogP contribution in [-0.2, 0) is 4.79 Å². The molecule has 30 heavy (non-hydrogen) atoms. The summed E-state index contributed by atoms with van der Waals surface area (Å²) in [5.74, 6) is -1.45. The van der Waals surface area contributed by atoms with Gasteiger partial charge < -0.3 is 19.9 Å². The maximum atomic E-state index is 13.5. The van der Waals surface area contributed by atoms with Crippen LogP contribution in [0.2, 0.25) is 0 Å². The van der Waals surface area contributed by atoms with Crippen molar-refractivity contribution in [3.05, 3.63) is 60.2 Å². The fourth-order valence-corrected chi connectivity index (χ4v) is 3.61. The van der Waals surface area contributed by atoms with E-state index in [4.69, 9.17) is 5.11 Å². The molecule has 0 saturated carbocycles. The second kappa shape index (κ2) is 9.19. The average Bonchev–Trinajstić information content (AvgIpc) is 3.00. The minimum Gasteiger partial charge on any atom is -0.481 e. The second-order valence-electron chi connectivity index (χ2n) is 7.52. The molecule has 0 spiro atoms. The summed E-state index contributed by atoms with van der Waals surface area (Å²) in [6.45, 7) is 4.04. The first-order valence-corrected chi connectivity index (χ1v) is 9.79. The number of aliphatic hydroxyl groups excluding tert-OH is 2. The Labute approximate surface area is 173 Å². The number of fused-ring (bicyclic) bond motifs is 1. The van der Waals surface area contributed by atoms with Crippen LogP contribution < -0.4 is 0 Å². The number of aliphatic carboxylic acids is 1. The Bertz CT molecular complexity index is 1060. The summed E-state index contributed by atoms with van der Waals surface area (Å²) in [6.07, 6.45) is 2.31. The van der Waals surface area contributed by atoms with E-state index >= 15 is 0 Å². The first kappa shape index (κ1) is 21.7. The van der Waals surface area contributed by atoms with Crippen molar-refractivity contribution in [2.45, 2.75) is 44.9 Å². The largest absolute Gasteiger partial charge is 0.481 e. The molecule has 1 aromatic carbocycles. The number of aromatic nitrogens is 2. The number of hydrogen-bond donors (Lipinski definition) is 3. The number of benzene rings is 1. The van der Waals surface area contributed by atoms with E-state index in [9.17, 15) is 19.4 Å². The Balaban J connectivity index is 2.08. The molecule has 7 heteroatoms. The Morgan fingerprint density at radius 1 is 1.20 bits per heavy atom. The molecule has 0 radical (unpaired) electrons. The Kier molecular flexibility index (Phi) is 6.64. The van der Waals surface area contributed by atoms with Crippen molar-refractivity contribution in [2.75, 3.05) is 0 Å². The summed E-state index contributed by atoms with van der Waals surface area (Å²) in [5.41, 5.74) is 3.24. The number of halogens is 1. The molecule has 0 saturated heterocycles. The molecule has 0 aliphatic rings. The number of carboxylic acid groups (broad SMARTS) is 1. The molecular weight excluding hydrogens is 387 g/mol. The molecule has 3 aromatic rings. The van der Waals surface area contributed by atoms with Gasteiger partial charge in [0.1, 0.15) is 11.5 Å².